The fourth-order valence-corrected chi connectivity index (χ4v) is 2.15. The normalized spacial score (nSPS) is 14.4. The predicted molar refractivity (Wildman–Crippen MR) is 71.6 cm³/mol. The number of hydrogen-bond donors (Lipinski definition) is 1. The summed E-state index contributed by atoms with van der Waals surface area (Å²) < 4.78 is 32.5. The molecule has 1 aliphatic rings. The molecule has 7 heteroatoms. The van der Waals surface area contributed by atoms with Crippen molar-refractivity contribution in [2.24, 2.45) is 0 Å². The van der Waals surface area contributed by atoms with Crippen molar-refractivity contribution in [1.29, 1.82) is 0 Å². The van der Waals surface area contributed by atoms with Gasteiger partial charge in [0, 0.05) is 18.0 Å². The highest BCUT2D eigenvalue weighted by Crippen LogP contribution is 2.19. The Kier molecular flexibility index (Phi) is 4.13. The first kappa shape index (κ1) is 13.2. The van der Waals surface area contributed by atoms with E-state index in [-0.39, 0.29) is 12.8 Å². The third-order valence-corrected chi connectivity index (χ3v) is 3.45. The van der Waals surface area contributed by atoms with Crippen LogP contribution in [0.1, 0.15) is 6.42 Å². The lowest BCUT2D eigenvalue weighted by atomic mass is 9.96. The van der Waals surface area contributed by atoms with Gasteiger partial charge in [-0.05, 0) is 18.6 Å². The minimum absolute atomic E-state index is 0.116. The minimum atomic E-state index is -2.90. The largest absolute Gasteiger partial charge is 0.493 e. The molecule has 1 heterocycles. The summed E-state index contributed by atoms with van der Waals surface area (Å²) in [6.45, 7) is 1.13. The molecule has 0 spiro atoms. The van der Waals surface area contributed by atoms with Gasteiger partial charge in [-0.1, -0.05) is 6.07 Å². The number of sulfone groups is 1. The van der Waals surface area contributed by atoms with E-state index < -0.39 is 9.84 Å². The number of anilines is 1. The second kappa shape index (κ2) is 5.62. The molecule has 0 amide bonds. The summed E-state index contributed by atoms with van der Waals surface area (Å²) >= 11 is 0. The molecule has 1 aromatic rings. The zero-order chi connectivity index (χ0) is 13.0. The van der Waals surface area contributed by atoms with Gasteiger partial charge >= 0.3 is 7.05 Å². The van der Waals surface area contributed by atoms with Gasteiger partial charge in [0.2, 0.25) is 0 Å². The minimum Gasteiger partial charge on any atom is -0.493 e. The maximum atomic E-state index is 10.9. The van der Waals surface area contributed by atoms with Gasteiger partial charge in [0.05, 0.1) is 18.9 Å². The smallest absolute Gasteiger partial charge is 0.438 e. The molecule has 0 atom stereocenters. The van der Waals surface area contributed by atoms with Gasteiger partial charge in [0.15, 0.2) is 0 Å². The molecule has 1 aromatic carbocycles. The molecule has 1 fully saturated rings. The second-order valence-electron chi connectivity index (χ2n) is 4.33. The van der Waals surface area contributed by atoms with Crippen LogP contribution in [-0.4, -0.2) is 40.6 Å². The number of ether oxygens (including phenoxy) is 1. The van der Waals surface area contributed by atoms with Crippen molar-refractivity contribution in [3.63, 3.8) is 0 Å². The Morgan fingerprint density at radius 1 is 1.50 bits per heavy atom. The molecule has 0 aromatic heterocycles. The van der Waals surface area contributed by atoms with E-state index in [9.17, 15) is 8.42 Å². The van der Waals surface area contributed by atoms with Crippen LogP contribution < -0.4 is 9.96 Å². The Morgan fingerprint density at radius 2 is 2.28 bits per heavy atom. The van der Waals surface area contributed by atoms with Crippen LogP contribution >= 0.6 is 0 Å². The number of hydrogen-bond acceptors (Lipinski definition) is 5. The van der Waals surface area contributed by atoms with E-state index in [1.54, 1.807) is 0 Å². The standard InChI is InChI=1S/C11H16BNO4S/c1-18(14,15)7-3-6-16-11-5-2-4-10(8-11)13-12-9-17-12/h2,4-5,8,13H,3,6-7,9H2,1H3. The Bertz CT molecular complexity index is 502. The molecule has 2 rings (SSSR count). The van der Waals surface area contributed by atoms with Crippen molar-refractivity contribution in [2.75, 3.05) is 30.3 Å². The summed E-state index contributed by atoms with van der Waals surface area (Å²) in [5.74, 6) is 0.884. The average molecular weight is 269 g/mol. The maximum Gasteiger partial charge on any atom is 0.438 e. The Hall–Kier alpha value is -1.21. The molecule has 18 heavy (non-hydrogen) atoms. The molecule has 0 aliphatic carbocycles. The highest BCUT2D eigenvalue weighted by atomic mass is 32.2. The molecule has 0 bridgehead atoms. The van der Waals surface area contributed by atoms with Gasteiger partial charge in [0.1, 0.15) is 15.6 Å². The van der Waals surface area contributed by atoms with Gasteiger partial charge in [-0.3, -0.25) is 0 Å². The summed E-state index contributed by atoms with van der Waals surface area (Å²) in [6, 6.07) is 7.54. The van der Waals surface area contributed by atoms with Crippen molar-refractivity contribution in [1.82, 2.24) is 0 Å². The van der Waals surface area contributed by atoms with Crippen molar-refractivity contribution in [3.05, 3.63) is 24.3 Å². The molecular weight excluding hydrogens is 253 g/mol. The van der Waals surface area contributed by atoms with Crippen LogP contribution in [0.5, 0.6) is 5.75 Å². The molecule has 1 N–H and O–H groups in total. The second-order valence-corrected chi connectivity index (χ2v) is 6.59. The van der Waals surface area contributed by atoms with Crippen molar-refractivity contribution >= 4 is 22.6 Å². The van der Waals surface area contributed by atoms with Crippen LogP contribution in [0.4, 0.5) is 5.69 Å². The molecule has 0 unspecified atom stereocenters. The first-order chi connectivity index (χ1) is 8.53. The molecule has 1 saturated heterocycles. The first-order valence-electron chi connectivity index (χ1n) is 5.82. The molecule has 0 radical (unpaired) electrons. The zero-order valence-corrected chi connectivity index (χ0v) is 11.1. The highest BCUT2D eigenvalue weighted by molar-refractivity contribution is 7.90. The van der Waals surface area contributed by atoms with E-state index in [0.717, 1.165) is 17.9 Å². The lowest BCUT2D eigenvalue weighted by Gasteiger charge is -2.08. The topological polar surface area (TPSA) is 67.9 Å². The SMILES string of the molecule is CS(=O)(=O)CCCOc1cccc(NB2CO2)c1. The van der Waals surface area contributed by atoms with Gasteiger partial charge in [-0.25, -0.2) is 8.42 Å². The van der Waals surface area contributed by atoms with Crippen LogP contribution in [-0.2, 0) is 14.5 Å². The van der Waals surface area contributed by atoms with Crippen LogP contribution in [0.25, 0.3) is 0 Å². The van der Waals surface area contributed by atoms with E-state index in [0.29, 0.717) is 13.0 Å². The summed E-state index contributed by atoms with van der Waals surface area (Å²) in [6.07, 6.45) is 1.73. The van der Waals surface area contributed by atoms with Crippen LogP contribution in [0.3, 0.4) is 0 Å². The Morgan fingerprint density at radius 3 is 2.94 bits per heavy atom. The van der Waals surface area contributed by atoms with E-state index in [1.165, 1.54) is 6.26 Å². The number of nitrogens with one attached hydrogen (secondary N) is 1. The van der Waals surface area contributed by atoms with E-state index >= 15 is 0 Å². The summed E-state index contributed by atoms with van der Waals surface area (Å²) in [7, 11) is -2.79. The van der Waals surface area contributed by atoms with Gasteiger partial charge in [-0.2, -0.15) is 0 Å². The number of benzene rings is 1. The van der Waals surface area contributed by atoms with E-state index in [1.807, 2.05) is 24.3 Å². The average Bonchev–Trinajstić information content (AvgIpc) is 3.08. The van der Waals surface area contributed by atoms with Crippen LogP contribution in [0.15, 0.2) is 24.3 Å². The monoisotopic (exact) mass is 269 g/mol. The fourth-order valence-electron chi connectivity index (χ4n) is 1.50. The van der Waals surface area contributed by atoms with Crippen LogP contribution in [0, 0.1) is 0 Å². The molecule has 0 saturated carbocycles. The van der Waals surface area contributed by atoms with Gasteiger partial charge in [-0.15, -0.1) is 0 Å². The first-order valence-corrected chi connectivity index (χ1v) is 7.88. The van der Waals surface area contributed by atoms with Crippen molar-refractivity contribution < 1.29 is 17.8 Å². The van der Waals surface area contributed by atoms with Crippen LogP contribution in [0.2, 0.25) is 0 Å². The Balaban J connectivity index is 1.77. The summed E-state index contributed by atoms with van der Waals surface area (Å²) in [4.78, 5) is 0. The maximum absolute atomic E-state index is 10.9. The lowest BCUT2D eigenvalue weighted by molar-refractivity contribution is 0.318. The molecule has 1 aliphatic heterocycles. The lowest BCUT2D eigenvalue weighted by Crippen LogP contribution is -2.09. The quantitative estimate of drug-likeness (QED) is 0.454. The third kappa shape index (κ3) is 4.97. The predicted octanol–water partition coefficient (Wildman–Crippen LogP) is 0.970. The molecule has 5 nitrogen and oxygen atoms in total. The van der Waals surface area contributed by atoms with E-state index in [2.05, 4.69) is 5.23 Å². The third-order valence-electron chi connectivity index (χ3n) is 2.42. The van der Waals surface area contributed by atoms with Crippen molar-refractivity contribution in [2.45, 2.75) is 6.42 Å². The Labute approximate surface area is 108 Å². The zero-order valence-electron chi connectivity index (χ0n) is 10.3. The molecular formula is C11H16BNO4S. The summed E-state index contributed by atoms with van der Waals surface area (Å²) in [5, 5.41) is 3.17. The van der Waals surface area contributed by atoms with E-state index in [4.69, 9.17) is 9.39 Å². The highest BCUT2D eigenvalue weighted by Gasteiger charge is 2.30. The van der Waals surface area contributed by atoms with Gasteiger partial charge < -0.3 is 14.6 Å². The number of rotatable bonds is 7. The summed E-state index contributed by atoms with van der Waals surface area (Å²) in [5.41, 5.74) is 0.943. The van der Waals surface area contributed by atoms with Crippen molar-refractivity contribution in [3.8, 4) is 5.75 Å². The molecule has 98 valence electrons. The van der Waals surface area contributed by atoms with Gasteiger partial charge in [0.25, 0.3) is 0 Å². The fraction of sp³-hybridized carbons (Fsp3) is 0.455.